The number of anilines is 1. The number of aliphatic imine (C=N–C) groups is 1. The predicted molar refractivity (Wildman–Crippen MR) is 110 cm³/mol. The smallest absolute Gasteiger partial charge is 0.237 e. The van der Waals surface area contributed by atoms with Crippen molar-refractivity contribution in [3.05, 3.63) is 53.6 Å². The fourth-order valence-electron chi connectivity index (χ4n) is 3.30. The van der Waals surface area contributed by atoms with Crippen molar-refractivity contribution in [1.29, 1.82) is 0 Å². The van der Waals surface area contributed by atoms with E-state index >= 15 is 0 Å². The molecule has 0 saturated carbocycles. The molecule has 1 aliphatic heterocycles. The molecule has 154 valence electrons. The number of fused-ring (bicyclic) bond motifs is 1. The highest BCUT2D eigenvalue weighted by Gasteiger charge is 2.31. The topological polar surface area (TPSA) is 53.9 Å². The summed E-state index contributed by atoms with van der Waals surface area (Å²) in [6, 6.07) is 8.83. The zero-order valence-corrected chi connectivity index (χ0v) is 16.6. The monoisotopic (exact) mass is 401 g/mol. The molecule has 1 amide bonds. The zero-order valence-electron chi connectivity index (χ0n) is 16.6. The van der Waals surface area contributed by atoms with Gasteiger partial charge in [0.05, 0.1) is 12.3 Å². The van der Waals surface area contributed by atoms with Crippen LogP contribution in [0.25, 0.3) is 0 Å². The van der Waals surface area contributed by atoms with Crippen molar-refractivity contribution in [2.45, 2.75) is 26.2 Å². The summed E-state index contributed by atoms with van der Waals surface area (Å²) >= 11 is 0. The van der Waals surface area contributed by atoms with E-state index in [9.17, 15) is 13.6 Å². The molecule has 1 N–H and O–H groups in total. The van der Waals surface area contributed by atoms with Crippen molar-refractivity contribution in [2.24, 2.45) is 4.99 Å². The van der Waals surface area contributed by atoms with Gasteiger partial charge < -0.3 is 15.0 Å². The maximum atomic E-state index is 14.3. The molecule has 0 bridgehead atoms. The molecule has 0 aromatic heterocycles. The van der Waals surface area contributed by atoms with E-state index < -0.39 is 17.6 Å². The molecule has 7 heteroatoms. The van der Waals surface area contributed by atoms with Crippen LogP contribution in [0.1, 0.15) is 31.7 Å². The zero-order chi connectivity index (χ0) is 20.8. The van der Waals surface area contributed by atoms with Gasteiger partial charge in [0, 0.05) is 30.1 Å². The highest BCUT2D eigenvalue weighted by atomic mass is 19.1. The van der Waals surface area contributed by atoms with E-state index in [2.05, 4.69) is 29.1 Å². The van der Waals surface area contributed by atoms with Crippen LogP contribution in [0.2, 0.25) is 0 Å². The second kappa shape index (κ2) is 9.60. The van der Waals surface area contributed by atoms with Gasteiger partial charge in [-0.05, 0) is 43.8 Å². The van der Waals surface area contributed by atoms with Gasteiger partial charge in [-0.25, -0.2) is 8.78 Å². The van der Waals surface area contributed by atoms with Crippen LogP contribution < -0.4 is 10.1 Å². The maximum Gasteiger partial charge on any atom is 0.237 e. The van der Waals surface area contributed by atoms with Crippen molar-refractivity contribution < 1.29 is 18.3 Å². The Labute approximate surface area is 169 Å². The Morgan fingerprint density at radius 3 is 2.69 bits per heavy atom. The molecule has 3 rings (SSSR count). The number of benzene rings is 2. The van der Waals surface area contributed by atoms with Gasteiger partial charge in [-0.1, -0.05) is 19.9 Å². The molecule has 1 aliphatic rings. The number of rotatable bonds is 9. The van der Waals surface area contributed by atoms with Crippen LogP contribution in [0.15, 0.2) is 41.4 Å². The second-order valence-electron chi connectivity index (χ2n) is 6.79. The summed E-state index contributed by atoms with van der Waals surface area (Å²) in [7, 11) is 0. The second-order valence-corrected chi connectivity index (χ2v) is 6.79. The first-order valence-electron chi connectivity index (χ1n) is 9.81. The molecule has 5 nitrogen and oxygen atoms in total. The minimum absolute atomic E-state index is 0.165. The Kier molecular flexibility index (Phi) is 6.93. The summed E-state index contributed by atoms with van der Waals surface area (Å²) in [4.78, 5) is 18.5. The van der Waals surface area contributed by atoms with Crippen molar-refractivity contribution in [2.75, 3.05) is 31.6 Å². The third-order valence-electron chi connectivity index (χ3n) is 4.96. The Hall–Kier alpha value is -2.80. The fraction of sp³-hybridized carbons (Fsp3) is 0.364. The van der Waals surface area contributed by atoms with Gasteiger partial charge in [0.15, 0.2) is 11.6 Å². The molecule has 1 atom stereocenters. The number of carbonyl (C=O) groups excluding carboxylic acids is 1. The number of nitrogens with zero attached hydrogens (tertiary/aromatic N) is 2. The van der Waals surface area contributed by atoms with E-state index in [0.29, 0.717) is 18.0 Å². The largest absolute Gasteiger partial charge is 0.490 e. The van der Waals surface area contributed by atoms with E-state index in [4.69, 9.17) is 4.74 Å². The fourth-order valence-corrected chi connectivity index (χ4v) is 3.30. The lowest BCUT2D eigenvalue weighted by Crippen LogP contribution is -2.25. The summed E-state index contributed by atoms with van der Waals surface area (Å²) in [5.41, 5.74) is 1.02. The average Bonchev–Trinajstić information content (AvgIpc) is 3.04. The lowest BCUT2D eigenvalue weighted by atomic mass is 10.0. The molecule has 0 fully saturated rings. The van der Waals surface area contributed by atoms with E-state index in [1.807, 2.05) is 0 Å². The van der Waals surface area contributed by atoms with Gasteiger partial charge in [-0.2, -0.15) is 0 Å². The first kappa shape index (κ1) is 20.9. The molecule has 2 aromatic rings. The number of halogens is 2. The minimum Gasteiger partial charge on any atom is -0.490 e. The van der Waals surface area contributed by atoms with E-state index in [1.54, 1.807) is 12.1 Å². The van der Waals surface area contributed by atoms with Crippen molar-refractivity contribution in [1.82, 2.24) is 4.90 Å². The number of ether oxygens (including phenoxy) is 1. The molecule has 0 spiro atoms. The highest BCUT2D eigenvalue weighted by Crippen LogP contribution is 2.34. The molecule has 1 unspecified atom stereocenters. The average molecular weight is 401 g/mol. The molecular weight excluding hydrogens is 376 g/mol. The number of amides is 1. The molecular formula is C22H25F2N3O2. The quantitative estimate of drug-likeness (QED) is 0.497. The third kappa shape index (κ3) is 4.98. The van der Waals surface area contributed by atoms with Gasteiger partial charge in [0.2, 0.25) is 5.91 Å². The van der Waals surface area contributed by atoms with Crippen molar-refractivity contribution >= 4 is 23.5 Å². The Morgan fingerprint density at radius 2 is 1.97 bits per heavy atom. The first-order chi connectivity index (χ1) is 14.0. The van der Waals surface area contributed by atoms with Crippen LogP contribution >= 0.6 is 0 Å². The van der Waals surface area contributed by atoms with E-state index in [0.717, 1.165) is 26.1 Å². The van der Waals surface area contributed by atoms with Crippen molar-refractivity contribution in [3.63, 3.8) is 0 Å². The predicted octanol–water partition coefficient (Wildman–Crippen LogP) is 4.51. The first-order valence-corrected chi connectivity index (χ1v) is 9.81. The molecule has 0 saturated heterocycles. The van der Waals surface area contributed by atoms with Crippen LogP contribution in [-0.2, 0) is 4.79 Å². The van der Waals surface area contributed by atoms with Crippen LogP contribution in [-0.4, -0.2) is 43.3 Å². The maximum absolute atomic E-state index is 14.3. The lowest BCUT2D eigenvalue weighted by Gasteiger charge is -2.17. The summed E-state index contributed by atoms with van der Waals surface area (Å²) in [6.45, 7) is 7.49. The summed E-state index contributed by atoms with van der Waals surface area (Å²) in [5.74, 6) is -2.03. The molecule has 0 aliphatic carbocycles. The number of hydrogen-bond donors (Lipinski definition) is 1. The molecule has 0 radical (unpaired) electrons. The number of carbonyl (C=O) groups is 1. The number of hydrogen-bond acceptors (Lipinski definition) is 4. The normalized spacial score (nSPS) is 15.8. The molecule has 2 aromatic carbocycles. The van der Waals surface area contributed by atoms with E-state index in [1.165, 1.54) is 30.5 Å². The molecule has 1 heterocycles. The van der Waals surface area contributed by atoms with Crippen LogP contribution in [0.3, 0.4) is 0 Å². The van der Waals surface area contributed by atoms with Crippen molar-refractivity contribution in [3.8, 4) is 5.75 Å². The Morgan fingerprint density at radius 1 is 1.17 bits per heavy atom. The summed E-state index contributed by atoms with van der Waals surface area (Å²) < 4.78 is 33.9. The van der Waals surface area contributed by atoms with Crippen LogP contribution in [0.4, 0.5) is 20.2 Å². The van der Waals surface area contributed by atoms with Gasteiger partial charge in [0.25, 0.3) is 0 Å². The minimum atomic E-state index is -0.842. The van der Waals surface area contributed by atoms with Crippen LogP contribution in [0.5, 0.6) is 5.75 Å². The Balaban J connectivity index is 1.62. The van der Waals surface area contributed by atoms with Gasteiger partial charge in [0.1, 0.15) is 11.7 Å². The van der Waals surface area contributed by atoms with E-state index in [-0.39, 0.29) is 17.2 Å². The van der Waals surface area contributed by atoms with Gasteiger partial charge in [-0.3, -0.25) is 9.79 Å². The Bertz CT molecular complexity index is 898. The third-order valence-corrected chi connectivity index (χ3v) is 4.96. The standard InChI is InChI=1S/C22H25F2N3O2/c1-3-27(4-2)11-6-12-29-20-10-9-15(13-18(20)24)25-14-16-21-17(23)7-5-8-19(21)26-22(16)28/h5,7-10,13-14,16H,3-4,6,11-12H2,1-2H3,(H,26,28). The van der Waals surface area contributed by atoms with Gasteiger partial charge in [-0.15, -0.1) is 0 Å². The SMILES string of the molecule is CCN(CC)CCCOc1ccc(N=CC2C(=O)Nc3cccc(F)c32)cc1F. The summed E-state index contributed by atoms with van der Waals surface area (Å²) in [6.07, 6.45) is 2.15. The number of nitrogens with one attached hydrogen (secondary N) is 1. The lowest BCUT2D eigenvalue weighted by molar-refractivity contribution is -0.115. The highest BCUT2D eigenvalue weighted by molar-refractivity contribution is 6.12. The molecule has 29 heavy (non-hydrogen) atoms. The summed E-state index contributed by atoms with van der Waals surface area (Å²) in [5, 5.41) is 2.62. The van der Waals surface area contributed by atoms with Gasteiger partial charge >= 0.3 is 0 Å². The van der Waals surface area contributed by atoms with Crippen LogP contribution in [0, 0.1) is 11.6 Å².